The van der Waals surface area contributed by atoms with Crippen LogP contribution in [-0.2, 0) is 0 Å². The molecule has 1 saturated carbocycles. The van der Waals surface area contributed by atoms with Crippen LogP contribution in [0.3, 0.4) is 0 Å². The van der Waals surface area contributed by atoms with Gasteiger partial charge in [0.1, 0.15) is 6.17 Å². The average Bonchev–Trinajstić information content (AvgIpc) is 1.90. The molecule has 54 valence electrons. The quantitative estimate of drug-likeness (QED) is 0.505. The van der Waals surface area contributed by atoms with Gasteiger partial charge in [0.25, 0.3) is 0 Å². The Hall–Kier alpha value is 0.220. The minimum Gasteiger partial charge on any atom is -0.247 e. The van der Waals surface area contributed by atoms with Gasteiger partial charge in [-0.1, -0.05) is 0 Å². The van der Waals surface area contributed by atoms with E-state index in [0.29, 0.717) is 11.8 Å². The van der Waals surface area contributed by atoms with E-state index in [0.717, 1.165) is 25.7 Å². The topological polar surface area (TPSA) is 0 Å². The van der Waals surface area contributed by atoms with Crippen LogP contribution >= 0.6 is 11.6 Å². The van der Waals surface area contributed by atoms with Crippen LogP contribution in [0.15, 0.2) is 0 Å². The molecule has 0 heterocycles. The largest absolute Gasteiger partial charge is 0.247 e. The Morgan fingerprint density at radius 3 is 2.22 bits per heavy atom. The Labute approximate surface area is 60.4 Å². The molecule has 0 aromatic heterocycles. The summed E-state index contributed by atoms with van der Waals surface area (Å²) < 4.78 is 12.5. The van der Waals surface area contributed by atoms with Crippen LogP contribution in [0.5, 0.6) is 0 Å². The molecule has 0 nitrogen and oxygen atoms in total. The minimum absolute atomic E-state index is 0.538. The fourth-order valence-electron chi connectivity index (χ4n) is 1.28. The van der Waals surface area contributed by atoms with Gasteiger partial charge in [-0.15, -0.1) is 11.6 Å². The Kier molecular flexibility index (Phi) is 2.77. The van der Waals surface area contributed by atoms with Gasteiger partial charge in [-0.3, -0.25) is 0 Å². The molecule has 1 fully saturated rings. The second-order valence-electron chi connectivity index (χ2n) is 2.77. The van der Waals surface area contributed by atoms with E-state index < -0.39 is 6.17 Å². The normalized spacial score (nSPS) is 36.7. The van der Waals surface area contributed by atoms with E-state index in [9.17, 15) is 4.39 Å². The third kappa shape index (κ3) is 2.13. The van der Waals surface area contributed by atoms with Crippen molar-refractivity contribution in [2.75, 3.05) is 5.88 Å². The molecular formula is C7H12ClF. The van der Waals surface area contributed by atoms with Crippen molar-refractivity contribution in [3.05, 3.63) is 0 Å². The van der Waals surface area contributed by atoms with Crippen LogP contribution in [0.2, 0.25) is 0 Å². The second-order valence-corrected chi connectivity index (χ2v) is 3.08. The minimum atomic E-state index is -0.538. The van der Waals surface area contributed by atoms with Gasteiger partial charge in [0.05, 0.1) is 0 Å². The fraction of sp³-hybridized carbons (Fsp3) is 1.00. The molecule has 0 bridgehead atoms. The van der Waals surface area contributed by atoms with Crippen molar-refractivity contribution in [3.63, 3.8) is 0 Å². The molecule has 0 aromatic carbocycles. The first kappa shape index (κ1) is 7.33. The molecule has 1 aliphatic rings. The summed E-state index contributed by atoms with van der Waals surface area (Å²) in [6.07, 6.45) is 2.91. The number of alkyl halides is 2. The lowest BCUT2D eigenvalue weighted by Crippen LogP contribution is -2.15. The highest BCUT2D eigenvalue weighted by Gasteiger charge is 2.19. The first-order valence-electron chi connectivity index (χ1n) is 3.53. The molecule has 0 unspecified atom stereocenters. The van der Waals surface area contributed by atoms with Crippen molar-refractivity contribution in [2.45, 2.75) is 31.9 Å². The van der Waals surface area contributed by atoms with Crippen LogP contribution in [-0.4, -0.2) is 12.1 Å². The molecular weight excluding hydrogens is 139 g/mol. The highest BCUT2D eigenvalue weighted by atomic mass is 35.5. The van der Waals surface area contributed by atoms with E-state index in [-0.39, 0.29) is 0 Å². The van der Waals surface area contributed by atoms with Gasteiger partial charge in [0.2, 0.25) is 0 Å². The Bertz CT molecular complexity index is 77.0. The number of rotatable bonds is 1. The molecule has 1 aliphatic carbocycles. The molecule has 1 rings (SSSR count). The summed E-state index contributed by atoms with van der Waals surface area (Å²) in [5.41, 5.74) is 0. The number of hydrogen-bond acceptors (Lipinski definition) is 0. The third-order valence-corrected chi connectivity index (χ3v) is 2.43. The van der Waals surface area contributed by atoms with Crippen LogP contribution in [0.25, 0.3) is 0 Å². The van der Waals surface area contributed by atoms with Gasteiger partial charge in [-0.2, -0.15) is 0 Å². The molecule has 0 saturated heterocycles. The van der Waals surface area contributed by atoms with E-state index in [1.54, 1.807) is 0 Å². The summed E-state index contributed by atoms with van der Waals surface area (Å²) in [6, 6.07) is 0. The molecule has 0 amide bonds. The van der Waals surface area contributed by atoms with E-state index in [4.69, 9.17) is 11.6 Å². The standard InChI is InChI=1S/C7H12ClF/c8-5-6-1-3-7(9)4-2-6/h6-7H,1-5H2. The number of hydrogen-bond donors (Lipinski definition) is 0. The Morgan fingerprint density at radius 1 is 1.22 bits per heavy atom. The van der Waals surface area contributed by atoms with E-state index in [1.807, 2.05) is 0 Å². The second kappa shape index (κ2) is 3.40. The SMILES string of the molecule is FC1CCC(CCl)CC1. The highest BCUT2D eigenvalue weighted by molar-refractivity contribution is 6.18. The summed E-state index contributed by atoms with van der Waals surface area (Å²) in [6.45, 7) is 0. The first-order valence-corrected chi connectivity index (χ1v) is 4.06. The van der Waals surface area contributed by atoms with E-state index in [2.05, 4.69) is 0 Å². The lowest BCUT2D eigenvalue weighted by Gasteiger charge is -2.21. The maximum Gasteiger partial charge on any atom is 0.100 e. The van der Waals surface area contributed by atoms with E-state index in [1.165, 1.54) is 0 Å². The van der Waals surface area contributed by atoms with Crippen LogP contribution < -0.4 is 0 Å². The van der Waals surface area contributed by atoms with Crippen molar-refractivity contribution in [1.29, 1.82) is 0 Å². The number of halogens is 2. The van der Waals surface area contributed by atoms with Gasteiger partial charge < -0.3 is 0 Å². The summed E-state index contributed by atoms with van der Waals surface area (Å²) >= 11 is 5.61. The molecule has 0 atom stereocenters. The summed E-state index contributed by atoms with van der Waals surface area (Å²) in [7, 11) is 0. The zero-order valence-electron chi connectivity index (χ0n) is 5.45. The van der Waals surface area contributed by atoms with Gasteiger partial charge in [-0.05, 0) is 31.6 Å². The summed E-state index contributed by atoms with van der Waals surface area (Å²) in [5, 5.41) is 0. The average molecular weight is 151 g/mol. The van der Waals surface area contributed by atoms with Crippen molar-refractivity contribution < 1.29 is 4.39 Å². The highest BCUT2D eigenvalue weighted by Crippen LogP contribution is 2.26. The predicted molar refractivity (Wildman–Crippen MR) is 37.6 cm³/mol. The maximum atomic E-state index is 12.5. The third-order valence-electron chi connectivity index (χ3n) is 1.99. The van der Waals surface area contributed by atoms with Crippen molar-refractivity contribution >= 4 is 11.6 Å². The fourth-order valence-corrected chi connectivity index (χ4v) is 1.58. The Morgan fingerprint density at radius 2 is 1.78 bits per heavy atom. The summed E-state index contributed by atoms with van der Waals surface area (Å²) in [5.74, 6) is 1.31. The zero-order valence-corrected chi connectivity index (χ0v) is 6.20. The smallest absolute Gasteiger partial charge is 0.100 e. The maximum absolute atomic E-state index is 12.5. The van der Waals surface area contributed by atoms with Crippen LogP contribution in [0, 0.1) is 5.92 Å². The predicted octanol–water partition coefficient (Wildman–Crippen LogP) is 2.75. The van der Waals surface area contributed by atoms with Gasteiger partial charge in [-0.25, -0.2) is 4.39 Å². The zero-order chi connectivity index (χ0) is 6.69. The van der Waals surface area contributed by atoms with Gasteiger partial charge in [0.15, 0.2) is 0 Å². The summed E-state index contributed by atoms with van der Waals surface area (Å²) in [4.78, 5) is 0. The van der Waals surface area contributed by atoms with Crippen LogP contribution in [0.4, 0.5) is 4.39 Å². The Balaban J connectivity index is 2.18. The first-order chi connectivity index (χ1) is 4.33. The molecule has 0 N–H and O–H groups in total. The van der Waals surface area contributed by atoms with Crippen molar-refractivity contribution in [2.24, 2.45) is 5.92 Å². The lowest BCUT2D eigenvalue weighted by molar-refractivity contribution is 0.217. The molecule has 0 aliphatic heterocycles. The van der Waals surface area contributed by atoms with Crippen molar-refractivity contribution in [3.8, 4) is 0 Å². The molecule has 9 heavy (non-hydrogen) atoms. The molecule has 0 radical (unpaired) electrons. The molecule has 0 aromatic rings. The van der Waals surface area contributed by atoms with Gasteiger partial charge >= 0.3 is 0 Å². The molecule has 2 heteroatoms. The monoisotopic (exact) mass is 150 g/mol. The van der Waals surface area contributed by atoms with E-state index >= 15 is 0 Å². The van der Waals surface area contributed by atoms with Crippen molar-refractivity contribution in [1.82, 2.24) is 0 Å². The van der Waals surface area contributed by atoms with Crippen LogP contribution in [0.1, 0.15) is 25.7 Å². The lowest BCUT2D eigenvalue weighted by atomic mass is 9.90. The molecule has 0 spiro atoms. The van der Waals surface area contributed by atoms with Gasteiger partial charge in [0, 0.05) is 5.88 Å².